The Morgan fingerprint density at radius 2 is 1.91 bits per heavy atom. The van der Waals surface area contributed by atoms with Gasteiger partial charge in [0.05, 0.1) is 13.3 Å². The summed E-state index contributed by atoms with van der Waals surface area (Å²) in [6.07, 6.45) is 3.45. The number of ether oxygens (including phenoxy) is 2. The first-order chi connectivity index (χ1) is 11.2. The Labute approximate surface area is 133 Å². The van der Waals surface area contributed by atoms with Gasteiger partial charge in [0.1, 0.15) is 17.1 Å². The number of carbonyl (C=O) groups excluding carboxylic acids is 1. The highest BCUT2D eigenvalue weighted by Crippen LogP contribution is 2.31. The van der Waals surface area contributed by atoms with E-state index >= 15 is 0 Å². The van der Waals surface area contributed by atoms with Crippen LogP contribution in [0.2, 0.25) is 0 Å². The summed E-state index contributed by atoms with van der Waals surface area (Å²) in [5, 5.41) is 6.68. The van der Waals surface area contributed by atoms with Gasteiger partial charge in [-0.3, -0.25) is 5.10 Å². The van der Waals surface area contributed by atoms with Crippen molar-refractivity contribution in [2.45, 2.75) is 6.92 Å². The normalized spacial score (nSPS) is 10.3. The smallest absolute Gasteiger partial charge is 0.341 e. The van der Waals surface area contributed by atoms with Crippen molar-refractivity contribution in [3.63, 3.8) is 0 Å². The maximum atomic E-state index is 12.1. The quantitative estimate of drug-likeness (QED) is 0.741. The fraction of sp³-hybridized carbons (Fsp3) is 0.111. The number of rotatable bonds is 4. The van der Waals surface area contributed by atoms with E-state index in [0.717, 1.165) is 16.7 Å². The number of para-hydroxylation sites is 1. The number of aryl methyl sites for hydroxylation is 1. The third kappa shape index (κ3) is 3.08. The zero-order chi connectivity index (χ0) is 16.2. The molecule has 1 heterocycles. The van der Waals surface area contributed by atoms with Crippen LogP contribution in [0.15, 0.2) is 54.9 Å². The summed E-state index contributed by atoms with van der Waals surface area (Å²) in [7, 11) is 1.35. The Morgan fingerprint density at radius 1 is 1.09 bits per heavy atom. The number of benzene rings is 2. The summed E-state index contributed by atoms with van der Waals surface area (Å²) in [6.45, 7) is 1.95. The Bertz CT molecular complexity index is 826. The predicted octanol–water partition coefficient (Wildman–Crippen LogP) is 3.96. The molecule has 0 unspecified atom stereocenters. The topological polar surface area (TPSA) is 64.2 Å². The van der Waals surface area contributed by atoms with Crippen LogP contribution in [0, 0.1) is 6.92 Å². The third-order valence-corrected chi connectivity index (χ3v) is 3.53. The monoisotopic (exact) mass is 308 g/mol. The number of nitrogens with one attached hydrogen (secondary N) is 1. The van der Waals surface area contributed by atoms with Crippen molar-refractivity contribution < 1.29 is 14.3 Å². The average Bonchev–Trinajstić information content (AvgIpc) is 3.11. The molecule has 0 saturated heterocycles. The molecule has 0 aliphatic rings. The molecular formula is C18H16N2O3. The molecule has 116 valence electrons. The van der Waals surface area contributed by atoms with Gasteiger partial charge in [-0.1, -0.05) is 24.3 Å². The van der Waals surface area contributed by atoms with Gasteiger partial charge in [0.15, 0.2) is 0 Å². The maximum absolute atomic E-state index is 12.1. The minimum absolute atomic E-state index is 0.370. The van der Waals surface area contributed by atoms with Gasteiger partial charge in [-0.05, 0) is 36.2 Å². The van der Waals surface area contributed by atoms with Crippen LogP contribution < -0.4 is 4.74 Å². The molecule has 23 heavy (non-hydrogen) atoms. The van der Waals surface area contributed by atoms with E-state index in [2.05, 4.69) is 10.2 Å². The second-order valence-corrected chi connectivity index (χ2v) is 5.06. The number of H-pyrrole nitrogens is 1. The molecule has 0 saturated carbocycles. The van der Waals surface area contributed by atoms with Crippen molar-refractivity contribution in [3.05, 3.63) is 66.0 Å². The Hall–Kier alpha value is -3.08. The van der Waals surface area contributed by atoms with Crippen LogP contribution in [0.3, 0.4) is 0 Å². The predicted molar refractivity (Wildman–Crippen MR) is 86.6 cm³/mol. The lowest BCUT2D eigenvalue weighted by molar-refractivity contribution is 0.0598. The van der Waals surface area contributed by atoms with Gasteiger partial charge in [0.2, 0.25) is 0 Å². The van der Waals surface area contributed by atoms with Crippen LogP contribution in [-0.4, -0.2) is 23.3 Å². The molecule has 0 atom stereocenters. The first-order valence-corrected chi connectivity index (χ1v) is 7.14. The van der Waals surface area contributed by atoms with Gasteiger partial charge >= 0.3 is 5.97 Å². The van der Waals surface area contributed by atoms with Crippen LogP contribution in [0.5, 0.6) is 11.5 Å². The van der Waals surface area contributed by atoms with Gasteiger partial charge in [0, 0.05) is 11.8 Å². The first kappa shape index (κ1) is 14.8. The third-order valence-electron chi connectivity index (χ3n) is 3.53. The number of esters is 1. The molecule has 5 heteroatoms. The highest BCUT2D eigenvalue weighted by Gasteiger charge is 2.16. The second-order valence-electron chi connectivity index (χ2n) is 5.06. The molecule has 3 aromatic rings. The van der Waals surface area contributed by atoms with Crippen molar-refractivity contribution in [3.8, 4) is 22.6 Å². The molecule has 0 spiro atoms. The van der Waals surface area contributed by atoms with Gasteiger partial charge < -0.3 is 9.47 Å². The summed E-state index contributed by atoms with van der Waals surface area (Å²) in [5.74, 6) is 0.714. The summed E-state index contributed by atoms with van der Waals surface area (Å²) in [6, 6.07) is 13.0. The number of carbonyl (C=O) groups is 1. The van der Waals surface area contributed by atoms with Gasteiger partial charge in [-0.25, -0.2) is 4.79 Å². The SMILES string of the molecule is COC(=O)c1cc(-c2cn[nH]c2)ccc1Oc1ccccc1C. The standard InChI is InChI=1S/C18H16N2O3/c1-12-5-3-4-6-16(12)23-17-8-7-13(14-10-19-20-11-14)9-15(17)18(21)22-2/h3-11H,1-2H3,(H,19,20). The van der Waals surface area contributed by atoms with Gasteiger partial charge in [-0.2, -0.15) is 5.10 Å². The zero-order valence-electron chi connectivity index (χ0n) is 12.9. The van der Waals surface area contributed by atoms with E-state index in [0.29, 0.717) is 17.1 Å². The highest BCUT2D eigenvalue weighted by molar-refractivity contribution is 5.94. The van der Waals surface area contributed by atoms with Crippen molar-refractivity contribution in [2.24, 2.45) is 0 Å². The molecule has 1 N–H and O–H groups in total. The van der Waals surface area contributed by atoms with E-state index in [9.17, 15) is 4.79 Å². The molecule has 1 aromatic heterocycles. The minimum Gasteiger partial charge on any atom is -0.465 e. The van der Waals surface area contributed by atoms with Crippen molar-refractivity contribution >= 4 is 5.97 Å². The lowest BCUT2D eigenvalue weighted by Gasteiger charge is -2.13. The van der Waals surface area contributed by atoms with Crippen molar-refractivity contribution in [2.75, 3.05) is 7.11 Å². The van der Waals surface area contributed by atoms with E-state index in [4.69, 9.17) is 9.47 Å². The minimum atomic E-state index is -0.445. The van der Waals surface area contributed by atoms with Gasteiger partial charge in [-0.15, -0.1) is 0 Å². The summed E-state index contributed by atoms with van der Waals surface area (Å²) in [5.41, 5.74) is 3.10. The highest BCUT2D eigenvalue weighted by atomic mass is 16.5. The largest absolute Gasteiger partial charge is 0.465 e. The molecule has 0 aliphatic carbocycles. The molecule has 0 radical (unpaired) electrons. The number of aromatic nitrogens is 2. The first-order valence-electron chi connectivity index (χ1n) is 7.14. The summed E-state index contributed by atoms with van der Waals surface area (Å²) >= 11 is 0. The van der Waals surface area contributed by atoms with E-state index in [1.165, 1.54) is 7.11 Å². The molecule has 0 amide bonds. The van der Waals surface area contributed by atoms with E-state index in [-0.39, 0.29) is 0 Å². The van der Waals surface area contributed by atoms with Crippen LogP contribution in [0.25, 0.3) is 11.1 Å². The summed E-state index contributed by atoms with van der Waals surface area (Å²) < 4.78 is 10.8. The molecule has 3 rings (SSSR count). The van der Waals surface area contributed by atoms with Crippen LogP contribution >= 0.6 is 0 Å². The number of hydrogen-bond donors (Lipinski definition) is 1. The lowest BCUT2D eigenvalue weighted by atomic mass is 10.1. The van der Waals surface area contributed by atoms with Crippen molar-refractivity contribution in [1.82, 2.24) is 10.2 Å². The fourth-order valence-corrected chi connectivity index (χ4v) is 2.27. The number of methoxy groups -OCH3 is 1. The molecule has 5 nitrogen and oxygen atoms in total. The molecule has 0 aliphatic heterocycles. The molecular weight excluding hydrogens is 292 g/mol. The van der Waals surface area contributed by atoms with E-state index in [1.807, 2.05) is 37.3 Å². The number of hydrogen-bond acceptors (Lipinski definition) is 4. The van der Waals surface area contributed by atoms with E-state index in [1.54, 1.807) is 24.5 Å². The Kier molecular flexibility index (Phi) is 4.10. The fourth-order valence-electron chi connectivity index (χ4n) is 2.27. The van der Waals surface area contributed by atoms with E-state index < -0.39 is 5.97 Å². The number of aromatic amines is 1. The number of nitrogens with zero attached hydrogens (tertiary/aromatic N) is 1. The molecule has 2 aromatic carbocycles. The average molecular weight is 308 g/mol. The van der Waals surface area contributed by atoms with Crippen LogP contribution in [0.1, 0.15) is 15.9 Å². The van der Waals surface area contributed by atoms with Crippen LogP contribution in [-0.2, 0) is 4.74 Å². The Morgan fingerprint density at radius 3 is 2.61 bits per heavy atom. The van der Waals surface area contributed by atoms with Crippen molar-refractivity contribution in [1.29, 1.82) is 0 Å². The second kappa shape index (κ2) is 6.36. The Balaban J connectivity index is 2.02. The zero-order valence-corrected chi connectivity index (χ0v) is 12.9. The molecule has 0 fully saturated rings. The molecule has 0 bridgehead atoms. The van der Waals surface area contributed by atoms with Crippen LogP contribution in [0.4, 0.5) is 0 Å². The maximum Gasteiger partial charge on any atom is 0.341 e. The van der Waals surface area contributed by atoms with Gasteiger partial charge in [0.25, 0.3) is 0 Å². The summed E-state index contributed by atoms with van der Waals surface area (Å²) in [4.78, 5) is 12.1. The lowest BCUT2D eigenvalue weighted by Crippen LogP contribution is -2.04.